The molecule has 37 heavy (non-hydrogen) atoms. The van der Waals surface area contributed by atoms with Crippen molar-refractivity contribution < 1.29 is 33.6 Å². The van der Waals surface area contributed by atoms with Crippen molar-refractivity contribution in [2.24, 2.45) is 0 Å². The number of benzene rings is 2. The molecule has 1 atom stereocenters. The summed E-state index contributed by atoms with van der Waals surface area (Å²) in [5.41, 5.74) is 0.851. The molecule has 1 N–H and O–H groups in total. The van der Waals surface area contributed by atoms with E-state index < -0.39 is 17.7 Å². The molecule has 1 aliphatic rings. The summed E-state index contributed by atoms with van der Waals surface area (Å²) in [5.74, 6) is -0.172. The van der Waals surface area contributed by atoms with Gasteiger partial charge in [-0.1, -0.05) is 12.1 Å². The summed E-state index contributed by atoms with van der Waals surface area (Å²) >= 11 is 0. The summed E-state index contributed by atoms with van der Waals surface area (Å²) in [5, 5.41) is 11.3. The number of rotatable bonds is 10. The zero-order valence-electron chi connectivity index (χ0n) is 21.1. The molecular weight excluding hydrogens is 478 g/mol. The molecule has 3 aromatic rings. The molecule has 0 spiro atoms. The molecule has 0 unspecified atom stereocenters. The van der Waals surface area contributed by atoms with E-state index in [9.17, 15) is 14.7 Å². The van der Waals surface area contributed by atoms with Crippen LogP contribution in [0.2, 0.25) is 0 Å². The van der Waals surface area contributed by atoms with Crippen LogP contribution in [0, 0.1) is 0 Å². The lowest BCUT2D eigenvalue weighted by Gasteiger charge is -2.26. The predicted octanol–water partition coefficient (Wildman–Crippen LogP) is 3.43. The zero-order valence-corrected chi connectivity index (χ0v) is 21.1. The quantitative estimate of drug-likeness (QED) is 0.252. The smallest absolute Gasteiger partial charge is 0.295 e. The number of aliphatic hydroxyl groups is 1. The summed E-state index contributed by atoms with van der Waals surface area (Å²) in [6.45, 7) is 0.861. The molecule has 1 fully saturated rings. The van der Waals surface area contributed by atoms with Crippen molar-refractivity contribution in [3.8, 4) is 23.0 Å². The molecule has 10 nitrogen and oxygen atoms in total. The number of likely N-dealkylation sites (tertiary alicyclic amines) is 1. The van der Waals surface area contributed by atoms with Crippen molar-refractivity contribution >= 4 is 17.4 Å². The minimum absolute atomic E-state index is 0.0323. The Kier molecular flexibility index (Phi) is 7.66. The largest absolute Gasteiger partial charge is 0.507 e. The van der Waals surface area contributed by atoms with E-state index in [0.29, 0.717) is 47.1 Å². The van der Waals surface area contributed by atoms with Crippen molar-refractivity contribution in [2.45, 2.75) is 19.0 Å². The lowest BCUT2D eigenvalue weighted by molar-refractivity contribution is -0.139. The maximum absolute atomic E-state index is 13.3. The number of amides is 1. The number of Topliss-reactive ketones (excluding diaryl/α,β-unsaturated/α-hetero) is 1. The van der Waals surface area contributed by atoms with Gasteiger partial charge >= 0.3 is 0 Å². The Labute approximate surface area is 214 Å². The Hall–Kier alpha value is -4.47. The van der Waals surface area contributed by atoms with E-state index in [-0.39, 0.29) is 17.9 Å². The molecule has 10 heteroatoms. The van der Waals surface area contributed by atoms with Gasteiger partial charge in [0.05, 0.1) is 46.4 Å². The average Bonchev–Trinajstić information content (AvgIpc) is 3.54. The number of carbonyl (C=O) groups excluding carboxylic acids is 2. The second-order valence-electron chi connectivity index (χ2n) is 8.34. The van der Waals surface area contributed by atoms with Gasteiger partial charge in [0.15, 0.2) is 11.5 Å². The minimum atomic E-state index is -0.886. The fourth-order valence-corrected chi connectivity index (χ4v) is 4.48. The van der Waals surface area contributed by atoms with Gasteiger partial charge in [0.25, 0.3) is 11.7 Å². The number of methoxy groups -OCH3 is 4. The molecule has 1 amide bonds. The monoisotopic (exact) mass is 507 g/mol. The number of carbonyl (C=O) groups is 2. The lowest BCUT2D eigenvalue weighted by atomic mass is 9.94. The van der Waals surface area contributed by atoms with Gasteiger partial charge in [0.1, 0.15) is 11.5 Å². The summed E-state index contributed by atoms with van der Waals surface area (Å²) < 4.78 is 23.6. The first-order valence-electron chi connectivity index (χ1n) is 11.6. The second kappa shape index (κ2) is 11.1. The molecule has 0 radical (unpaired) electrons. The van der Waals surface area contributed by atoms with Crippen molar-refractivity contribution in [1.82, 2.24) is 14.5 Å². The van der Waals surface area contributed by atoms with Crippen LogP contribution in [0.5, 0.6) is 23.0 Å². The van der Waals surface area contributed by atoms with Crippen LogP contribution < -0.4 is 18.9 Å². The predicted molar refractivity (Wildman–Crippen MR) is 135 cm³/mol. The summed E-state index contributed by atoms with van der Waals surface area (Å²) in [6.07, 6.45) is 5.75. The van der Waals surface area contributed by atoms with Gasteiger partial charge in [0.2, 0.25) is 5.75 Å². The van der Waals surface area contributed by atoms with Gasteiger partial charge in [-0.25, -0.2) is 4.98 Å². The van der Waals surface area contributed by atoms with E-state index in [1.165, 1.54) is 33.3 Å². The number of hydrogen-bond acceptors (Lipinski definition) is 8. The van der Waals surface area contributed by atoms with Gasteiger partial charge in [-0.3, -0.25) is 9.59 Å². The van der Waals surface area contributed by atoms with Crippen LogP contribution in [-0.4, -0.2) is 66.2 Å². The number of hydrogen-bond donors (Lipinski definition) is 1. The highest BCUT2D eigenvalue weighted by Crippen LogP contribution is 2.45. The molecule has 0 aliphatic carbocycles. The highest BCUT2D eigenvalue weighted by Gasteiger charge is 2.46. The number of aliphatic hydroxyl groups excluding tert-OH is 1. The second-order valence-corrected chi connectivity index (χ2v) is 8.34. The lowest BCUT2D eigenvalue weighted by Crippen LogP contribution is -2.31. The Morgan fingerprint density at radius 1 is 0.973 bits per heavy atom. The van der Waals surface area contributed by atoms with Crippen LogP contribution in [0.1, 0.15) is 23.6 Å². The van der Waals surface area contributed by atoms with Gasteiger partial charge in [-0.2, -0.15) is 0 Å². The summed E-state index contributed by atoms with van der Waals surface area (Å²) in [7, 11) is 5.97. The van der Waals surface area contributed by atoms with E-state index in [1.54, 1.807) is 48.9 Å². The fourth-order valence-electron chi connectivity index (χ4n) is 4.48. The number of aryl methyl sites for hydroxylation is 1. The Morgan fingerprint density at radius 3 is 2.30 bits per heavy atom. The third-order valence-corrected chi connectivity index (χ3v) is 6.26. The zero-order chi connectivity index (χ0) is 26.5. The molecule has 2 aromatic carbocycles. The van der Waals surface area contributed by atoms with Crippen molar-refractivity contribution in [1.29, 1.82) is 0 Å². The van der Waals surface area contributed by atoms with Gasteiger partial charge in [-0.15, -0.1) is 0 Å². The SMILES string of the molecule is COc1cccc(C(O)=C2C(=O)C(=O)N(CCCn3ccnc3)[C@H]2c2cc(OC)c(OC)c(OC)c2)c1. The maximum Gasteiger partial charge on any atom is 0.295 e. The number of imidazole rings is 1. The van der Waals surface area contributed by atoms with Crippen LogP contribution in [0.4, 0.5) is 0 Å². The average molecular weight is 508 g/mol. The highest BCUT2D eigenvalue weighted by molar-refractivity contribution is 6.46. The molecule has 4 rings (SSSR count). The Morgan fingerprint density at radius 2 is 1.70 bits per heavy atom. The third-order valence-electron chi connectivity index (χ3n) is 6.26. The Balaban J connectivity index is 1.84. The van der Waals surface area contributed by atoms with Crippen molar-refractivity contribution in [3.05, 3.63) is 71.8 Å². The molecule has 194 valence electrons. The fraction of sp³-hybridized carbons (Fsp3) is 0.296. The van der Waals surface area contributed by atoms with Gasteiger partial charge in [0, 0.05) is 31.0 Å². The van der Waals surface area contributed by atoms with Crippen molar-refractivity contribution in [2.75, 3.05) is 35.0 Å². The van der Waals surface area contributed by atoms with Gasteiger partial charge < -0.3 is 33.5 Å². The van der Waals surface area contributed by atoms with Gasteiger partial charge in [-0.05, 0) is 36.2 Å². The van der Waals surface area contributed by atoms with Crippen LogP contribution in [0.15, 0.2) is 60.7 Å². The van der Waals surface area contributed by atoms with Crippen LogP contribution >= 0.6 is 0 Å². The molecular formula is C27H29N3O7. The molecule has 1 aliphatic heterocycles. The normalized spacial score (nSPS) is 16.6. The van der Waals surface area contributed by atoms with Crippen LogP contribution in [0.3, 0.4) is 0 Å². The number of nitrogens with zero attached hydrogens (tertiary/aromatic N) is 3. The number of aromatic nitrogens is 2. The molecule has 1 saturated heterocycles. The molecule has 2 heterocycles. The van der Waals surface area contributed by atoms with Crippen LogP contribution in [-0.2, 0) is 16.1 Å². The van der Waals surface area contributed by atoms with Crippen LogP contribution in [0.25, 0.3) is 5.76 Å². The standard InChI is InChI=1S/C27H29N3O7/c1-34-19-8-5-7-17(13-19)24(31)22-23(18-14-20(35-2)26(37-4)21(15-18)36-3)30(27(33)25(22)32)11-6-10-29-12-9-28-16-29/h5,7-9,12-16,23,31H,6,10-11H2,1-4H3/t23-/m0/s1. The summed E-state index contributed by atoms with van der Waals surface area (Å²) in [6, 6.07) is 9.15. The van der Waals surface area contributed by atoms with E-state index in [1.807, 2.05) is 10.8 Å². The third kappa shape index (κ3) is 4.95. The van der Waals surface area contributed by atoms with E-state index in [4.69, 9.17) is 18.9 Å². The Bertz CT molecular complexity index is 1290. The van der Waals surface area contributed by atoms with E-state index in [0.717, 1.165) is 0 Å². The number of ether oxygens (including phenoxy) is 4. The number of ketones is 1. The van der Waals surface area contributed by atoms with E-state index >= 15 is 0 Å². The molecule has 0 saturated carbocycles. The molecule has 1 aromatic heterocycles. The first-order valence-corrected chi connectivity index (χ1v) is 11.6. The highest BCUT2D eigenvalue weighted by atomic mass is 16.5. The first kappa shape index (κ1) is 25.6. The maximum atomic E-state index is 13.3. The van der Waals surface area contributed by atoms with Crippen molar-refractivity contribution in [3.63, 3.8) is 0 Å². The summed E-state index contributed by atoms with van der Waals surface area (Å²) in [4.78, 5) is 32.1. The topological polar surface area (TPSA) is 112 Å². The van der Waals surface area contributed by atoms with E-state index in [2.05, 4.69) is 4.98 Å². The first-order chi connectivity index (χ1) is 17.9. The molecule has 0 bridgehead atoms. The minimum Gasteiger partial charge on any atom is -0.507 e.